The SMILES string of the molecule is CC(C)C1=C2C3CC[C@H]4C(C)(CC[C@H]5C(C)(C)C(OC(=O)CC(C)(C)C=O)CCC54C)C3CCC2(C(O)c2nnc(-c3ccc(Cl)cc3)n2CCN(C)C)CC1=O. The van der Waals surface area contributed by atoms with Crippen LogP contribution in [0.5, 0.6) is 0 Å². The number of nitrogens with zero attached hydrogens (tertiary/aromatic N) is 4. The number of hydrogen-bond donors (Lipinski definition) is 1. The molecule has 0 aliphatic heterocycles. The molecule has 9 atom stereocenters. The molecule has 4 saturated carbocycles. The molecule has 0 saturated heterocycles. The summed E-state index contributed by atoms with van der Waals surface area (Å²) in [6.45, 7) is 18.9. The Morgan fingerprint density at radius 3 is 2.33 bits per heavy atom. The number of rotatable bonds is 11. The largest absolute Gasteiger partial charge is 0.462 e. The van der Waals surface area contributed by atoms with Gasteiger partial charge in [0.2, 0.25) is 0 Å². The van der Waals surface area contributed by atoms with Gasteiger partial charge in [-0.15, -0.1) is 10.2 Å². The van der Waals surface area contributed by atoms with Crippen molar-refractivity contribution in [3.8, 4) is 11.4 Å². The summed E-state index contributed by atoms with van der Waals surface area (Å²) >= 11 is 6.27. The Hall–Kier alpha value is -2.88. The predicted octanol–water partition coefficient (Wildman–Crippen LogP) is 9.31. The summed E-state index contributed by atoms with van der Waals surface area (Å²) in [4.78, 5) is 41.2. The molecule has 0 radical (unpaired) electrons. The fourth-order valence-electron chi connectivity index (χ4n) is 13.6. The van der Waals surface area contributed by atoms with Gasteiger partial charge in [0, 0.05) is 46.3 Å². The molecule has 9 nitrogen and oxygen atoms in total. The van der Waals surface area contributed by atoms with Crippen molar-refractivity contribution in [3.63, 3.8) is 0 Å². The van der Waals surface area contributed by atoms with E-state index in [4.69, 9.17) is 21.4 Å². The number of likely N-dealkylation sites (N-methyl/N-ethyl adjacent to an activating group) is 1. The smallest absolute Gasteiger partial charge is 0.307 e. The predicted molar refractivity (Wildman–Crippen MR) is 223 cm³/mol. The van der Waals surface area contributed by atoms with Crippen LogP contribution in [-0.2, 0) is 25.7 Å². The number of carbonyl (C=O) groups is 3. The van der Waals surface area contributed by atoms with Gasteiger partial charge in [-0.1, -0.05) is 72.6 Å². The highest BCUT2D eigenvalue weighted by molar-refractivity contribution is 6.30. The van der Waals surface area contributed by atoms with Gasteiger partial charge in [0.25, 0.3) is 0 Å². The normalized spacial score (nSPS) is 34.1. The molecule has 0 bridgehead atoms. The standard InChI is InChI=1S/C47H67ClN4O5/c1-28(2)38-33(54)25-47(40(56)42-50-49-41(52(42)24-23-51(9)10)29-11-13-30(48)14-12-29)22-17-32-31(39(38)47)15-16-35-45(32,7)20-18-34-44(5,6)36(19-21-46(34,35)8)57-37(55)26-43(3,4)27-53/h11-14,27-28,31-32,34-36,40,56H,15-26H2,1-10H3/t31?,32?,34-,35-,36?,40?,45?,46?,47?/m0/s1. The Morgan fingerprint density at radius 2 is 1.68 bits per heavy atom. The number of ketones is 1. The number of halogens is 1. The second-order valence-electron chi connectivity index (χ2n) is 21.1. The van der Waals surface area contributed by atoms with E-state index >= 15 is 0 Å². The summed E-state index contributed by atoms with van der Waals surface area (Å²) in [5.41, 5.74) is 1.57. The van der Waals surface area contributed by atoms with E-state index in [0.717, 1.165) is 75.3 Å². The number of aliphatic hydroxyl groups excluding tert-OH is 1. The summed E-state index contributed by atoms with van der Waals surface area (Å²) in [5, 5.41) is 23.0. The highest BCUT2D eigenvalue weighted by Crippen LogP contribution is 2.74. The molecular formula is C47H67ClN4O5. The minimum absolute atomic E-state index is 0.0613. The number of aldehydes is 1. The molecular weight excluding hydrogens is 736 g/mol. The van der Waals surface area contributed by atoms with Crippen molar-refractivity contribution in [1.29, 1.82) is 0 Å². The van der Waals surface area contributed by atoms with Gasteiger partial charge in [0.15, 0.2) is 17.4 Å². The third-order valence-corrected chi connectivity index (χ3v) is 16.4. The molecule has 2 aromatic rings. The van der Waals surface area contributed by atoms with Crippen LogP contribution in [0.1, 0.15) is 132 Å². The number of aliphatic hydroxyl groups is 1. The molecule has 1 N–H and O–H groups in total. The minimum atomic E-state index is -0.973. The van der Waals surface area contributed by atoms with Gasteiger partial charge in [-0.2, -0.15) is 0 Å². The lowest BCUT2D eigenvalue weighted by Crippen LogP contribution is -2.63. The van der Waals surface area contributed by atoms with Crippen LogP contribution in [-0.4, -0.2) is 69.6 Å². The lowest BCUT2D eigenvalue weighted by molar-refractivity contribution is -0.214. The van der Waals surface area contributed by atoms with Gasteiger partial charge < -0.3 is 24.1 Å². The average Bonchev–Trinajstić information content (AvgIpc) is 3.70. The minimum Gasteiger partial charge on any atom is -0.462 e. The maximum atomic E-state index is 14.3. The van der Waals surface area contributed by atoms with Crippen LogP contribution in [0.4, 0.5) is 0 Å². The van der Waals surface area contributed by atoms with E-state index in [-0.39, 0.29) is 52.4 Å². The highest BCUT2D eigenvalue weighted by atomic mass is 35.5. The van der Waals surface area contributed by atoms with Gasteiger partial charge in [-0.25, -0.2) is 0 Å². The molecule has 1 heterocycles. The van der Waals surface area contributed by atoms with Crippen molar-refractivity contribution in [3.05, 3.63) is 46.3 Å². The van der Waals surface area contributed by atoms with E-state index in [1.807, 2.05) is 38.4 Å². The molecule has 7 unspecified atom stereocenters. The van der Waals surface area contributed by atoms with Gasteiger partial charge in [-0.3, -0.25) is 9.59 Å². The molecule has 1 aromatic heterocycles. The highest BCUT2D eigenvalue weighted by Gasteiger charge is 2.67. The van der Waals surface area contributed by atoms with Gasteiger partial charge in [-0.05, 0) is 136 Å². The molecule has 1 aromatic carbocycles. The van der Waals surface area contributed by atoms with E-state index in [9.17, 15) is 19.5 Å². The summed E-state index contributed by atoms with van der Waals surface area (Å²) in [7, 11) is 4.08. The molecule has 57 heavy (non-hydrogen) atoms. The molecule has 4 fully saturated rings. The van der Waals surface area contributed by atoms with Gasteiger partial charge in [0.05, 0.1) is 6.42 Å². The first-order chi connectivity index (χ1) is 26.7. The number of hydrogen-bond acceptors (Lipinski definition) is 8. The number of esters is 1. The molecule has 5 aliphatic rings. The summed E-state index contributed by atoms with van der Waals surface area (Å²) < 4.78 is 8.31. The van der Waals surface area contributed by atoms with Crippen LogP contribution in [0, 0.1) is 56.7 Å². The van der Waals surface area contributed by atoms with Crippen molar-refractivity contribution in [1.82, 2.24) is 19.7 Å². The molecule has 0 spiro atoms. The zero-order chi connectivity index (χ0) is 41.5. The molecule has 5 aliphatic carbocycles. The lowest BCUT2D eigenvalue weighted by Gasteiger charge is -2.69. The Kier molecular flexibility index (Phi) is 11.1. The van der Waals surface area contributed by atoms with Crippen LogP contribution >= 0.6 is 11.6 Å². The average molecular weight is 804 g/mol. The maximum absolute atomic E-state index is 14.3. The fraction of sp³-hybridized carbons (Fsp3) is 0.723. The Morgan fingerprint density at radius 1 is 1.00 bits per heavy atom. The van der Waals surface area contributed by atoms with E-state index in [2.05, 4.69) is 56.1 Å². The van der Waals surface area contributed by atoms with Crippen LogP contribution in [0.25, 0.3) is 11.4 Å². The number of carbonyl (C=O) groups excluding carboxylic acids is 3. The van der Waals surface area contributed by atoms with E-state index in [0.29, 0.717) is 47.4 Å². The quantitative estimate of drug-likeness (QED) is 0.177. The topological polar surface area (TPSA) is 115 Å². The van der Waals surface area contributed by atoms with Crippen molar-refractivity contribution >= 4 is 29.6 Å². The molecule has 312 valence electrons. The third kappa shape index (κ3) is 6.97. The summed E-state index contributed by atoms with van der Waals surface area (Å²) in [5.74, 6) is 2.74. The zero-order valence-corrected chi connectivity index (χ0v) is 36.9. The first-order valence-corrected chi connectivity index (χ1v) is 22.0. The van der Waals surface area contributed by atoms with Crippen molar-refractivity contribution < 1.29 is 24.2 Å². The summed E-state index contributed by atoms with van der Waals surface area (Å²) in [6.07, 6.45) is 7.90. The van der Waals surface area contributed by atoms with Gasteiger partial charge in [0.1, 0.15) is 18.5 Å². The number of fused-ring (bicyclic) bond motifs is 7. The molecule has 10 heteroatoms. The number of Topliss-reactive ketones (excluding diaryl/α,β-unsaturated/α-hetero) is 1. The lowest BCUT2D eigenvalue weighted by atomic mass is 9.36. The first kappa shape index (κ1) is 42.3. The third-order valence-electron chi connectivity index (χ3n) is 16.2. The maximum Gasteiger partial charge on any atom is 0.307 e. The van der Waals surface area contributed by atoms with Crippen LogP contribution in [0.15, 0.2) is 35.4 Å². The Balaban J connectivity index is 1.21. The first-order valence-electron chi connectivity index (χ1n) is 21.7. The number of ether oxygens (including phenoxy) is 1. The molecule has 0 amide bonds. The van der Waals surface area contributed by atoms with E-state index in [1.165, 1.54) is 5.57 Å². The van der Waals surface area contributed by atoms with Crippen molar-refractivity contribution in [2.45, 2.75) is 138 Å². The van der Waals surface area contributed by atoms with Crippen LogP contribution in [0.2, 0.25) is 5.02 Å². The van der Waals surface area contributed by atoms with Crippen LogP contribution in [0.3, 0.4) is 0 Å². The molecule has 7 rings (SSSR count). The van der Waals surface area contributed by atoms with Crippen LogP contribution < -0.4 is 0 Å². The number of aromatic nitrogens is 3. The van der Waals surface area contributed by atoms with Crippen molar-refractivity contribution in [2.75, 3.05) is 20.6 Å². The Labute approximate surface area is 345 Å². The van der Waals surface area contributed by atoms with E-state index in [1.54, 1.807) is 13.8 Å². The Bertz CT molecular complexity index is 1920. The van der Waals surface area contributed by atoms with Gasteiger partial charge >= 0.3 is 5.97 Å². The monoisotopic (exact) mass is 802 g/mol. The number of allylic oxidation sites excluding steroid dienone is 1. The van der Waals surface area contributed by atoms with Crippen molar-refractivity contribution in [2.24, 2.45) is 56.7 Å². The number of benzene rings is 1. The van der Waals surface area contributed by atoms with E-state index < -0.39 is 16.9 Å². The fourth-order valence-corrected chi connectivity index (χ4v) is 13.7. The second kappa shape index (κ2) is 15.0. The summed E-state index contributed by atoms with van der Waals surface area (Å²) in [6, 6.07) is 7.61. The zero-order valence-electron chi connectivity index (χ0n) is 36.2. The second-order valence-corrected chi connectivity index (χ2v) is 21.5.